The first-order chi connectivity index (χ1) is 9.29. The van der Waals surface area contributed by atoms with Crippen LogP contribution < -0.4 is 4.90 Å². The Labute approximate surface area is 117 Å². The van der Waals surface area contributed by atoms with E-state index in [4.69, 9.17) is 0 Å². The first-order valence-electron chi connectivity index (χ1n) is 6.88. The maximum atomic E-state index is 9.24. The van der Waals surface area contributed by atoms with Gasteiger partial charge in [0.25, 0.3) is 0 Å². The lowest BCUT2D eigenvalue weighted by Crippen LogP contribution is -2.40. The standard InChI is InChI=1S/C14H19N3OS/c1-10-8-12-13(15-9-16-14(12)19-10)17-6-3-2-4-11(17)5-7-18/h8-9,11,18H,2-7H2,1H3. The molecule has 0 aromatic carbocycles. The molecule has 0 amide bonds. The highest BCUT2D eigenvalue weighted by Gasteiger charge is 2.25. The number of thiophene rings is 1. The molecule has 3 rings (SSSR count). The van der Waals surface area contributed by atoms with Crippen molar-refractivity contribution in [3.05, 3.63) is 17.3 Å². The van der Waals surface area contributed by atoms with Crippen molar-refractivity contribution in [2.45, 2.75) is 38.6 Å². The summed E-state index contributed by atoms with van der Waals surface area (Å²) < 4.78 is 0. The molecule has 19 heavy (non-hydrogen) atoms. The molecule has 1 fully saturated rings. The normalized spacial score (nSPS) is 20.1. The highest BCUT2D eigenvalue weighted by atomic mass is 32.1. The van der Waals surface area contributed by atoms with Crippen LogP contribution in [0.15, 0.2) is 12.4 Å². The van der Waals surface area contributed by atoms with E-state index in [1.807, 2.05) is 0 Å². The second kappa shape index (κ2) is 5.43. The summed E-state index contributed by atoms with van der Waals surface area (Å²) in [6.45, 7) is 3.39. The highest BCUT2D eigenvalue weighted by Crippen LogP contribution is 2.33. The molecule has 0 saturated carbocycles. The van der Waals surface area contributed by atoms with E-state index < -0.39 is 0 Å². The molecule has 0 aliphatic carbocycles. The molecule has 1 N–H and O–H groups in total. The first-order valence-corrected chi connectivity index (χ1v) is 7.70. The van der Waals surface area contributed by atoms with Gasteiger partial charge in [0, 0.05) is 24.1 Å². The summed E-state index contributed by atoms with van der Waals surface area (Å²) in [7, 11) is 0. The van der Waals surface area contributed by atoms with Gasteiger partial charge in [-0.05, 0) is 38.7 Å². The van der Waals surface area contributed by atoms with E-state index in [0.717, 1.165) is 35.4 Å². The van der Waals surface area contributed by atoms with Crippen LogP contribution in [0.5, 0.6) is 0 Å². The molecule has 0 bridgehead atoms. The third kappa shape index (κ3) is 2.44. The minimum Gasteiger partial charge on any atom is -0.396 e. The van der Waals surface area contributed by atoms with Crippen molar-refractivity contribution in [3.63, 3.8) is 0 Å². The third-order valence-electron chi connectivity index (χ3n) is 3.79. The number of rotatable bonds is 3. The smallest absolute Gasteiger partial charge is 0.141 e. The van der Waals surface area contributed by atoms with Crippen molar-refractivity contribution in [2.24, 2.45) is 0 Å². The maximum absolute atomic E-state index is 9.24. The van der Waals surface area contributed by atoms with Crippen LogP contribution >= 0.6 is 11.3 Å². The number of piperidine rings is 1. The van der Waals surface area contributed by atoms with E-state index in [0.29, 0.717) is 6.04 Å². The maximum Gasteiger partial charge on any atom is 0.141 e. The van der Waals surface area contributed by atoms with Gasteiger partial charge < -0.3 is 10.0 Å². The quantitative estimate of drug-likeness (QED) is 0.937. The summed E-state index contributed by atoms with van der Waals surface area (Å²) >= 11 is 1.72. The van der Waals surface area contributed by atoms with Crippen LogP contribution in [0.4, 0.5) is 5.82 Å². The van der Waals surface area contributed by atoms with Gasteiger partial charge in [-0.3, -0.25) is 0 Å². The fraction of sp³-hybridized carbons (Fsp3) is 0.571. The largest absolute Gasteiger partial charge is 0.396 e. The van der Waals surface area contributed by atoms with Crippen LogP contribution in [-0.2, 0) is 0 Å². The minimum absolute atomic E-state index is 0.248. The Balaban J connectivity index is 2.01. The lowest BCUT2D eigenvalue weighted by atomic mass is 9.99. The summed E-state index contributed by atoms with van der Waals surface area (Å²) in [5.74, 6) is 1.05. The van der Waals surface area contributed by atoms with E-state index in [9.17, 15) is 5.11 Å². The second-order valence-corrected chi connectivity index (χ2v) is 6.36. The van der Waals surface area contributed by atoms with Crippen molar-refractivity contribution >= 4 is 27.4 Å². The number of hydrogen-bond donors (Lipinski definition) is 1. The number of hydrogen-bond acceptors (Lipinski definition) is 5. The molecule has 4 nitrogen and oxygen atoms in total. The number of nitrogens with zero attached hydrogens (tertiary/aromatic N) is 3. The Hall–Kier alpha value is -1.20. The zero-order valence-electron chi connectivity index (χ0n) is 11.2. The summed E-state index contributed by atoms with van der Waals surface area (Å²) in [6, 6.07) is 2.59. The van der Waals surface area contributed by atoms with Crippen LogP contribution in [0.1, 0.15) is 30.6 Å². The Morgan fingerprint density at radius 1 is 1.42 bits per heavy atom. The Bertz CT molecular complexity index is 567. The lowest BCUT2D eigenvalue weighted by Gasteiger charge is -2.36. The summed E-state index contributed by atoms with van der Waals surface area (Å²) in [6.07, 6.45) is 6.09. The van der Waals surface area contributed by atoms with Crippen molar-refractivity contribution < 1.29 is 5.11 Å². The number of aromatic nitrogens is 2. The first kappa shape index (κ1) is 12.8. The lowest BCUT2D eigenvalue weighted by molar-refractivity contribution is 0.262. The molecule has 0 spiro atoms. The summed E-state index contributed by atoms with van der Waals surface area (Å²) in [5, 5.41) is 10.4. The number of fused-ring (bicyclic) bond motifs is 1. The molecule has 3 heterocycles. The average Bonchev–Trinajstić information content (AvgIpc) is 2.80. The molecule has 1 saturated heterocycles. The van der Waals surface area contributed by atoms with E-state index >= 15 is 0 Å². The monoisotopic (exact) mass is 277 g/mol. The fourth-order valence-corrected chi connectivity index (χ4v) is 3.76. The molecule has 2 aromatic heterocycles. The summed E-state index contributed by atoms with van der Waals surface area (Å²) in [4.78, 5) is 13.6. The highest BCUT2D eigenvalue weighted by molar-refractivity contribution is 7.18. The molecular weight excluding hydrogens is 258 g/mol. The van der Waals surface area contributed by atoms with Crippen LogP contribution in [0.2, 0.25) is 0 Å². The molecule has 0 radical (unpaired) electrons. The number of aliphatic hydroxyl groups excluding tert-OH is 1. The van der Waals surface area contributed by atoms with Gasteiger partial charge in [0.1, 0.15) is 17.0 Å². The van der Waals surface area contributed by atoms with Crippen LogP contribution in [0.25, 0.3) is 10.2 Å². The predicted molar refractivity (Wildman–Crippen MR) is 78.8 cm³/mol. The van der Waals surface area contributed by atoms with Gasteiger partial charge >= 0.3 is 0 Å². The molecule has 2 aromatic rings. The van der Waals surface area contributed by atoms with E-state index in [1.165, 1.54) is 17.7 Å². The fourth-order valence-electron chi connectivity index (χ4n) is 2.92. The minimum atomic E-state index is 0.248. The number of aryl methyl sites for hydroxylation is 1. The molecule has 5 heteroatoms. The van der Waals surface area contributed by atoms with Crippen molar-refractivity contribution in [3.8, 4) is 0 Å². The Kier molecular flexibility index (Phi) is 3.66. The third-order valence-corrected chi connectivity index (χ3v) is 4.75. The van der Waals surface area contributed by atoms with Crippen LogP contribution in [-0.4, -0.2) is 34.3 Å². The zero-order valence-corrected chi connectivity index (χ0v) is 12.0. The van der Waals surface area contributed by atoms with Crippen molar-refractivity contribution in [1.29, 1.82) is 0 Å². The van der Waals surface area contributed by atoms with Crippen LogP contribution in [0, 0.1) is 6.92 Å². The van der Waals surface area contributed by atoms with Gasteiger partial charge in [0.15, 0.2) is 0 Å². The van der Waals surface area contributed by atoms with Gasteiger partial charge in [-0.2, -0.15) is 0 Å². The van der Waals surface area contributed by atoms with E-state index in [2.05, 4.69) is 27.9 Å². The van der Waals surface area contributed by atoms with Gasteiger partial charge in [-0.15, -0.1) is 11.3 Å². The average molecular weight is 277 g/mol. The number of aliphatic hydroxyl groups is 1. The SMILES string of the molecule is Cc1cc2c(N3CCCCC3CCO)ncnc2s1. The Morgan fingerprint density at radius 2 is 2.32 bits per heavy atom. The second-order valence-electron chi connectivity index (χ2n) is 5.13. The molecule has 1 aliphatic rings. The zero-order chi connectivity index (χ0) is 13.2. The van der Waals surface area contributed by atoms with Gasteiger partial charge in [-0.25, -0.2) is 9.97 Å². The molecule has 1 aliphatic heterocycles. The van der Waals surface area contributed by atoms with Gasteiger partial charge in [0.05, 0.1) is 5.39 Å². The van der Waals surface area contributed by atoms with Gasteiger partial charge in [-0.1, -0.05) is 0 Å². The predicted octanol–water partition coefficient (Wildman–Crippen LogP) is 2.74. The molecular formula is C14H19N3OS. The van der Waals surface area contributed by atoms with E-state index in [1.54, 1.807) is 17.7 Å². The number of anilines is 1. The van der Waals surface area contributed by atoms with Crippen molar-refractivity contribution in [2.75, 3.05) is 18.1 Å². The van der Waals surface area contributed by atoms with Gasteiger partial charge in [0.2, 0.25) is 0 Å². The van der Waals surface area contributed by atoms with E-state index in [-0.39, 0.29) is 6.61 Å². The van der Waals surface area contributed by atoms with Crippen LogP contribution in [0.3, 0.4) is 0 Å². The topological polar surface area (TPSA) is 49.2 Å². The molecule has 1 unspecified atom stereocenters. The molecule has 102 valence electrons. The Morgan fingerprint density at radius 3 is 3.16 bits per heavy atom. The van der Waals surface area contributed by atoms with Crippen molar-refractivity contribution in [1.82, 2.24) is 9.97 Å². The molecule has 1 atom stereocenters. The summed E-state index contributed by atoms with van der Waals surface area (Å²) in [5.41, 5.74) is 0.